The first-order valence-corrected chi connectivity index (χ1v) is 23.7. The molecule has 2 heterocycles. The second-order valence-corrected chi connectivity index (χ2v) is 18.4. The van der Waals surface area contributed by atoms with Crippen molar-refractivity contribution in [2.75, 3.05) is 46.4 Å². The van der Waals surface area contributed by atoms with Crippen LogP contribution in [0.2, 0.25) is 0 Å². The molecular formula is C51H58N6O9S. The molecule has 352 valence electrons. The molecule has 0 aliphatic carbocycles. The van der Waals surface area contributed by atoms with Crippen molar-refractivity contribution in [3.05, 3.63) is 177 Å². The number of ether oxygens (including phenoxy) is 4. The zero-order chi connectivity index (χ0) is 47.6. The van der Waals surface area contributed by atoms with Gasteiger partial charge in [0.15, 0.2) is 0 Å². The van der Waals surface area contributed by atoms with E-state index in [0.29, 0.717) is 54.1 Å². The molecule has 1 saturated heterocycles. The van der Waals surface area contributed by atoms with Crippen molar-refractivity contribution >= 4 is 27.1 Å². The van der Waals surface area contributed by atoms with Gasteiger partial charge in [-0.3, -0.25) is 13.9 Å². The highest BCUT2D eigenvalue weighted by Crippen LogP contribution is 2.43. The fraction of sp³-hybridized carbons (Fsp3) is 0.333. The molecule has 7 rings (SSSR count). The van der Waals surface area contributed by atoms with Gasteiger partial charge in [-0.05, 0) is 109 Å². The van der Waals surface area contributed by atoms with Crippen LogP contribution in [0.15, 0.2) is 158 Å². The van der Waals surface area contributed by atoms with Crippen LogP contribution in [0.1, 0.15) is 60.6 Å². The van der Waals surface area contributed by atoms with Crippen LogP contribution in [0.25, 0.3) is 0 Å². The van der Waals surface area contributed by atoms with Crippen molar-refractivity contribution in [2.24, 2.45) is 10.2 Å². The SMILES string of the molecule is COc1ccc(C(OCC2OC(n3cc(C)c(=O)n(CCCCCCNS(=O)(=O)c4ccc(N=Nc5ccc(N(C)C)cc5)cc4)c3=O)CC2O)(c2ccccc2)c2ccc(OC)cc2)cc1. The molecule has 1 aromatic heterocycles. The molecule has 0 amide bonds. The minimum Gasteiger partial charge on any atom is -0.497 e. The fourth-order valence-electron chi connectivity index (χ4n) is 8.14. The molecule has 0 bridgehead atoms. The van der Waals surface area contributed by atoms with Crippen molar-refractivity contribution in [3.8, 4) is 11.5 Å². The maximum absolute atomic E-state index is 13.9. The van der Waals surface area contributed by atoms with Gasteiger partial charge in [-0.1, -0.05) is 67.4 Å². The van der Waals surface area contributed by atoms with Gasteiger partial charge in [-0.2, -0.15) is 10.2 Å². The molecule has 0 radical (unpaired) electrons. The van der Waals surface area contributed by atoms with Gasteiger partial charge in [0, 0.05) is 51.1 Å². The third kappa shape index (κ3) is 11.4. The smallest absolute Gasteiger partial charge is 0.333 e. The van der Waals surface area contributed by atoms with Gasteiger partial charge in [-0.15, -0.1) is 0 Å². The highest BCUT2D eigenvalue weighted by atomic mass is 32.2. The summed E-state index contributed by atoms with van der Waals surface area (Å²) in [7, 11) is 3.39. The van der Waals surface area contributed by atoms with Crippen molar-refractivity contribution < 1.29 is 32.5 Å². The van der Waals surface area contributed by atoms with Crippen LogP contribution in [-0.4, -0.2) is 76.3 Å². The van der Waals surface area contributed by atoms with E-state index in [1.54, 1.807) is 33.3 Å². The zero-order valence-corrected chi connectivity index (χ0v) is 39.3. The van der Waals surface area contributed by atoms with Crippen LogP contribution in [0.5, 0.6) is 11.5 Å². The van der Waals surface area contributed by atoms with Gasteiger partial charge in [0.25, 0.3) is 5.56 Å². The first-order chi connectivity index (χ1) is 32.3. The molecule has 1 aliphatic heterocycles. The fourth-order valence-corrected chi connectivity index (χ4v) is 9.22. The highest BCUT2D eigenvalue weighted by Gasteiger charge is 2.42. The number of anilines is 1. The lowest BCUT2D eigenvalue weighted by Crippen LogP contribution is -2.42. The predicted octanol–water partition coefficient (Wildman–Crippen LogP) is 8.01. The molecule has 1 aliphatic rings. The first kappa shape index (κ1) is 48.5. The number of nitrogens with zero attached hydrogens (tertiary/aromatic N) is 5. The van der Waals surface area contributed by atoms with Gasteiger partial charge in [0.1, 0.15) is 29.4 Å². The van der Waals surface area contributed by atoms with Gasteiger partial charge < -0.3 is 29.0 Å². The molecule has 5 aromatic carbocycles. The Morgan fingerprint density at radius 1 is 0.761 bits per heavy atom. The number of unbranched alkanes of at least 4 members (excludes halogenated alkanes) is 3. The van der Waals surface area contributed by atoms with E-state index in [4.69, 9.17) is 18.9 Å². The number of rotatable bonds is 21. The highest BCUT2D eigenvalue weighted by molar-refractivity contribution is 7.89. The molecule has 15 nitrogen and oxygen atoms in total. The van der Waals surface area contributed by atoms with Gasteiger partial charge in [-0.25, -0.2) is 17.9 Å². The summed E-state index contributed by atoms with van der Waals surface area (Å²) in [6, 6.07) is 38.9. The Morgan fingerprint density at radius 2 is 1.31 bits per heavy atom. The maximum Gasteiger partial charge on any atom is 0.333 e. The molecule has 6 aromatic rings. The Bertz CT molecular complexity index is 2770. The van der Waals surface area contributed by atoms with Crippen molar-refractivity contribution in [3.63, 3.8) is 0 Å². The number of aliphatic hydroxyl groups excluding tert-OH is 1. The number of azo groups is 1. The van der Waals surface area contributed by atoms with Crippen LogP contribution in [0.3, 0.4) is 0 Å². The van der Waals surface area contributed by atoms with Gasteiger partial charge in [0.05, 0.1) is 43.2 Å². The molecular weight excluding hydrogens is 873 g/mol. The Morgan fingerprint density at radius 3 is 1.88 bits per heavy atom. The number of aryl methyl sites for hydroxylation is 1. The van der Waals surface area contributed by atoms with E-state index in [9.17, 15) is 23.1 Å². The number of hydrogen-bond donors (Lipinski definition) is 2. The molecule has 16 heteroatoms. The molecule has 0 saturated carbocycles. The first-order valence-electron chi connectivity index (χ1n) is 22.3. The summed E-state index contributed by atoms with van der Waals surface area (Å²) in [6.45, 7) is 2.00. The number of hydrogen-bond acceptors (Lipinski definition) is 12. The number of methoxy groups -OCH3 is 2. The lowest BCUT2D eigenvalue weighted by Gasteiger charge is -2.37. The summed E-state index contributed by atoms with van der Waals surface area (Å²) in [4.78, 5) is 29.3. The van der Waals surface area contributed by atoms with E-state index in [0.717, 1.165) is 22.4 Å². The zero-order valence-electron chi connectivity index (χ0n) is 38.4. The van der Waals surface area contributed by atoms with Crippen LogP contribution < -0.4 is 30.3 Å². The number of aliphatic hydroxyl groups is 1. The lowest BCUT2D eigenvalue weighted by molar-refractivity contribution is -0.0946. The molecule has 2 N–H and O–H groups in total. The topological polar surface area (TPSA) is 175 Å². The van der Waals surface area contributed by atoms with E-state index < -0.39 is 45.3 Å². The summed E-state index contributed by atoms with van der Waals surface area (Å²) in [5.41, 5.74) is 3.01. The van der Waals surface area contributed by atoms with Crippen LogP contribution in [0.4, 0.5) is 17.1 Å². The number of aromatic nitrogens is 2. The van der Waals surface area contributed by atoms with Gasteiger partial charge in [0.2, 0.25) is 10.0 Å². The molecule has 0 spiro atoms. The van der Waals surface area contributed by atoms with Crippen molar-refractivity contribution in [2.45, 2.75) is 74.5 Å². The Kier molecular flexibility index (Phi) is 15.9. The van der Waals surface area contributed by atoms with Gasteiger partial charge >= 0.3 is 5.69 Å². The summed E-state index contributed by atoms with van der Waals surface area (Å²) < 4.78 is 55.5. The summed E-state index contributed by atoms with van der Waals surface area (Å²) in [5, 5.41) is 19.9. The molecule has 1 fully saturated rings. The minimum atomic E-state index is -3.75. The van der Waals surface area contributed by atoms with E-state index in [1.165, 1.54) is 27.5 Å². The standard InChI is InChI=1S/C51H58N6O9S/c1-36-34-57(48-33-46(58)47(66-48)35-65-51(37-13-9-8-10-14-37,38-15-25-43(63-4)26-16-38)39-17-27-44(64-5)28-18-39)50(60)56(49(36)59)32-12-7-6-11-31-52-67(61,62)45-29-21-41(22-30-45)54-53-40-19-23-42(24-20-40)55(2)3/h8-10,13-30,34,46-48,52,58H,6-7,11-12,31-33,35H2,1-5H3. The summed E-state index contributed by atoms with van der Waals surface area (Å²) in [6.07, 6.45) is 1.34. The summed E-state index contributed by atoms with van der Waals surface area (Å²) in [5.74, 6) is 1.37. The number of nitrogens with one attached hydrogen (secondary N) is 1. The van der Waals surface area contributed by atoms with Crippen LogP contribution in [-0.2, 0) is 31.6 Å². The average Bonchev–Trinajstić information content (AvgIpc) is 3.73. The molecule has 67 heavy (non-hydrogen) atoms. The van der Waals surface area contributed by atoms with Crippen LogP contribution >= 0.6 is 0 Å². The quantitative estimate of drug-likeness (QED) is 0.0409. The third-order valence-corrected chi connectivity index (χ3v) is 13.4. The van der Waals surface area contributed by atoms with Crippen molar-refractivity contribution in [1.82, 2.24) is 13.9 Å². The normalized spacial score (nSPS) is 16.4. The Labute approximate surface area is 391 Å². The minimum absolute atomic E-state index is 0.0409. The summed E-state index contributed by atoms with van der Waals surface area (Å²) >= 11 is 0. The van der Waals surface area contributed by atoms with E-state index in [-0.39, 0.29) is 31.0 Å². The second-order valence-electron chi connectivity index (χ2n) is 16.6. The largest absolute Gasteiger partial charge is 0.497 e. The van der Waals surface area contributed by atoms with E-state index in [2.05, 4.69) is 15.0 Å². The average molecular weight is 931 g/mol. The number of sulfonamides is 1. The van der Waals surface area contributed by atoms with Crippen molar-refractivity contribution in [1.29, 1.82) is 0 Å². The molecule has 3 unspecified atom stereocenters. The predicted molar refractivity (Wildman–Crippen MR) is 258 cm³/mol. The van der Waals surface area contributed by atoms with E-state index >= 15 is 0 Å². The lowest BCUT2D eigenvalue weighted by atomic mass is 9.80. The maximum atomic E-state index is 13.9. The van der Waals surface area contributed by atoms with E-state index in [1.807, 2.05) is 122 Å². The molecule has 3 atom stereocenters. The monoisotopic (exact) mass is 930 g/mol. The Balaban J connectivity index is 0.952. The second kappa shape index (κ2) is 21.9. The number of benzene rings is 5. The van der Waals surface area contributed by atoms with Crippen LogP contribution in [0, 0.1) is 6.92 Å². The Hall–Kier alpha value is -6.43. The third-order valence-electron chi connectivity index (χ3n) is 11.9.